The van der Waals surface area contributed by atoms with Crippen molar-refractivity contribution in [3.63, 3.8) is 0 Å². The topological polar surface area (TPSA) is 65.6 Å². The van der Waals surface area contributed by atoms with E-state index in [9.17, 15) is 9.59 Å². The Bertz CT molecular complexity index is 829. The average Bonchev–Trinajstić information content (AvgIpc) is 3.05. The molecule has 2 amide bonds. The minimum Gasteiger partial charge on any atom is -0.450 e. The number of hydrogen-bond acceptors (Lipinski definition) is 3. The second-order valence-electron chi connectivity index (χ2n) is 7.12. The Morgan fingerprint density at radius 1 is 1.23 bits per heavy atom. The van der Waals surface area contributed by atoms with Gasteiger partial charge in [0.25, 0.3) is 0 Å². The van der Waals surface area contributed by atoms with Crippen molar-refractivity contribution in [3.05, 3.63) is 35.5 Å². The van der Waals surface area contributed by atoms with E-state index in [0.717, 1.165) is 31.3 Å². The Labute approximate surface area is 153 Å². The van der Waals surface area contributed by atoms with Crippen LogP contribution < -0.4 is 0 Å². The Morgan fingerprint density at radius 3 is 2.92 bits per heavy atom. The van der Waals surface area contributed by atoms with Gasteiger partial charge in [-0.25, -0.2) is 4.79 Å². The standard InChI is InChI=1S/C20H25N3O3/c1-2-26-20(25)23-10-5-6-14(12-23)19(24)22-11-9-18-16(13-22)15-7-3-4-8-17(15)21-18/h3-4,7-8,14,21H,2,5-6,9-13H2,1H3/t14-/m1/s1. The number of ether oxygens (including phenoxy) is 1. The van der Waals surface area contributed by atoms with Crippen LogP contribution in [0.3, 0.4) is 0 Å². The van der Waals surface area contributed by atoms with Crippen molar-refractivity contribution < 1.29 is 14.3 Å². The number of benzene rings is 1. The van der Waals surface area contributed by atoms with Crippen molar-refractivity contribution in [2.24, 2.45) is 5.92 Å². The molecule has 4 rings (SSSR count). The summed E-state index contributed by atoms with van der Waals surface area (Å²) in [6.45, 7) is 4.69. The molecule has 0 bridgehead atoms. The fourth-order valence-electron chi connectivity index (χ4n) is 4.17. The third kappa shape index (κ3) is 3.04. The summed E-state index contributed by atoms with van der Waals surface area (Å²) in [7, 11) is 0. The van der Waals surface area contributed by atoms with Gasteiger partial charge in [0.1, 0.15) is 0 Å². The van der Waals surface area contributed by atoms with Crippen LogP contribution >= 0.6 is 0 Å². The summed E-state index contributed by atoms with van der Waals surface area (Å²) in [5.41, 5.74) is 3.61. The number of rotatable bonds is 2. The minimum absolute atomic E-state index is 0.125. The molecule has 1 fully saturated rings. The number of carbonyl (C=O) groups excluding carboxylic acids is 2. The maximum absolute atomic E-state index is 13.1. The lowest BCUT2D eigenvalue weighted by Gasteiger charge is -2.35. The van der Waals surface area contributed by atoms with Gasteiger partial charge in [-0.2, -0.15) is 0 Å². The zero-order valence-electron chi connectivity index (χ0n) is 15.2. The molecular weight excluding hydrogens is 330 g/mol. The molecule has 138 valence electrons. The van der Waals surface area contributed by atoms with Gasteiger partial charge in [0.15, 0.2) is 0 Å². The van der Waals surface area contributed by atoms with Crippen LogP contribution in [0.1, 0.15) is 31.0 Å². The van der Waals surface area contributed by atoms with E-state index in [0.29, 0.717) is 26.2 Å². The van der Waals surface area contributed by atoms with Gasteiger partial charge in [-0.15, -0.1) is 0 Å². The van der Waals surface area contributed by atoms with Gasteiger partial charge in [-0.3, -0.25) is 4.79 Å². The van der Waals surface area contributed by atoms with Crippen molar-refractivity contribution in [1.82, 2.24) is 14.8 Å². The van der Waals surface area contributed by atoms with Gasteiger partial charge in [0, 0.05) is 54.8 Å². The number of fused-ring (bicyclic) bond motifs is 3. The molecule has 1 aromatic carbocycles. The van der Waals surface area contributed by atoms with Crippen molar-refractivity contribution in [2.75, 3.05) is 26.2 Å². The lowest BCUT2D eigenvalue weighted by atomic mass is 9.95. The first kappa shape index (κ1) is 16.9. The molecule has 6 nitrogen and oxygen atoms in total. The number of likely N-dealkylation sites (tertiary alicyclic amines) is 1. The smallest absolute Gasteiger partial charge is 0.409 e. The first-order chi connectivity index (χ1) is 12.7. The molecule has 0 radical (unpaired) electrons. The first-order valence-corrected chi connectivity index (χ1v) is 9.46. The van der Waals surface area contributed by atoms with Gasteiger partial charge in [0.2, 0.25) is 5.91 Å². The van der Waals surface area contributed by atoms with Crippen LogP contribution in [-0.2, 0) is 22.5 Å². The predicted octanol–water partition coefficient (Wildman–Crippen LogP) is 2.92. The largest absolute Gasteiger partial charge is 0.450 e. The third-order valence-corrected chi connectivity index (χ3v) is 5.49. The molecule has 1 aromatic heterocycles. The maximum Gasteiger partial charge on any atom is 0.409 e. The zero-order chi connectivity index (χ0) is 18.1. The monoisotopic (exact) mass is 355 g/mol. The molecule has 2 aliphatic rings. The van der Waals surface area contributed by atoms with Crippen LogP contribution in [0, 0.1) is 5.92 Å². The number of nitrogens with zero attached hydrogens (tertiary/aromatic N) is 2. The van der Waals surface area contributed by atoms with Crippen molar-refractivity contribution in [3.8, 4) is 0 Å². The van der Waals surface area contributed by atoms with Crippen molar-refractivity contribution in [1.29, 1.82) is 0 Å². The van der Waals surface area contributed by atoms with E-state index in [1.165, 1.54) is 16.6 Å². The number of para-hydroxylation sites is 1. The summed E-state index contributed by atoms with van der Waals surface area (Å²) < 4.78 is 5.10. The van der Waals surface area contributed by atoms with Crippen LogP contribution in [0.2, 0.25) is 0 Å². The number of hydrogen-bond donors (Lipinski definition) is 1. The Balaban J connectivity index is 1.48. The highest BCUT2D eigenvalue weighted by Crippen LogP contribution is 2.29. The second-order valence-corrected chi connectivity index (χ2v) is 7.12. The van der Waals surface area contributed by atoms with Crippen LogP contribution in [-0.4, -0.2) is 53.0 Å². The van der Waals surface area contributed by atoms with Crippen molar-refractivity contribution >= 4 is 22.9 Å². The van der Waals surface area contributed by atoms with Gasteiger partial charge < -0.3 is 19.5 Å². The van der Waals surface area contributed by atoms with E-state index < -0.39 is 0 Å². The normalized spacial score (nSPS) is 20.1. The molecule has 2 aliphatic heterocycles. The SMILES string of the molecule is CCOC(=O)N1CCC[C@@H](C(=O)N2CCc3[nH]c4ccccc4c3C2)C1. The molecule has 1 N–H and O–H groups in total. The lowest BCUT2D eigenvalue weighted by Crippen LogP contribution is -2.47. The number of piperidine rings is 1. The van der Waals surface area contributed by atoms with Gasteiger partial charge in [-0.1, -0.05) is 18.2 Å². The predicted molar refractivity (Wildman–Crippen MR) is 98.7 cm³/mol. The second kappa shape index (κ2) is 7.02. The number of nitrogens with one attached hydrogen (secondary N) is 1. The fraction of sp³-hybridized carbons (Fsp3) is 0.500. The van der Waals surface area contributed by atoms with E-state index in [2.05, 4.69) is 17.1 Å². The van der Waals surface area contributed by atoms with E-state index >= 15 is 0 Å². The summed E-state index contributed by atoms with van der Waals surface area (Å²) in [5, 5.41) is 1.21. The van der Waals surface area contributed by atoms with Crippen LogP contribution in [0.15, 0.2) is 24.3 Å². The lowest BCUT2D eigenvalue weighted by molar-refractivity contribution is -0.138. The zero-order valence-corrected chi connectivity index (χ0v) is 15.2. The minimum atomic E-state index is -0.303. The highest BCUT2D eigenvalue weighted by atomic mass is 16.6. The Kier molecular flexibility index (Phi) is 4.57. The van der Waals surface area contributed by atoms with Crippen LogP contribution in [0.4, 0.5) is 4.79 Å². The maximum atomic E-state index is 13.1. The number of amides is 2. The van der Waals surface area contributed by atoms with E-state index in [-0.39, 0.29) is 17.9 Å². The Hall–Kier alpha value is -2.50. The first-order valence-electron chi connectivity index (χ1n) is 9.46. The van der Waals surface area contributed by atoms with E-state index in [1.54, 1.807) is 11.8 Å². The summed E-state index contributed by atoms with van der Waals surface area (Å²) in [6.07, 6.45) is 2.24. The fourth-order valence-corrected chi connectivity index (χ4v) is 4.17. The molecule has 2 aromatic rings. The molecule has 0 spiro atoms. The number of carbonyl (C=O) groups is 2. The molecule has 1 saturated heterocycles. The highest BCUT2D eigenvalue weighted by Gasteiger charge is 2.33. The molecule has 6 heteroatoms. The third-order valence-electron chi connectivity index (χ3n) is 5.49. The summed E-state index contributed by atoms with van der Waals surface area (Å²) in [5.74, 6) is 0.0369. The molecule has 0 aliphatic carbocycles. The van der Waals surface area contributed by atoms with E-state index in [1.807, 2.05) is 17.0 Å². The molecule has 1 atom stereocenters. The van der Waals surface area contributed by atoms with Crippen LogP contribution in [0.5, 0.6) is 0 Å². The summed E-state index contributed by atoms with van der Waals surface area (Å²) >= 11 is 0. The summed E-state index contributed by atoms with van der Waals surface area (Å²) in [6, 6.07) is 8.26. The molecule has 3 heterocycles. The number of H-pyrrole nitrogens is 1. The molecule has 0 saturated carbocycles. The molecular formula is C20H25N3O3. The Morgan fingerprint density at radius 2 is 2.08 bits per heavy atom. The van der Waals surface area contributed by atoms with Crippen LogP contribution in [0.25, 0.3) is 10.9 Å². The quantitative estimate of drug-likeness (QED) is 0.901. The summed E-state index contributed by atoms with van der Waals surface area (Å²) in [4.78, 5) is 32.2. The molecule has 0 unspecified atom stereocenters. The van der Waals surface area contributed by atoms with Gasteiger partial charge in [-0.05, 0) is 25.8 Å². The average molecular weight is 355 g/mol. The van der Waals surface area contributed by atoms with E-state index in [4.69, 9.17) is 4.74 Å². The van der Waals surface area contributed by atoms with Crippen molar-refractivity contribution in [2.45, 2.75) is 32.7 Å². The number of aromatic nitrogens is 1. The number of aromatic amines is 1. The van der Waals surface area contributed by atoms with Gasteiger partial charge in [0.05, 0.1) is 12.5 Å². The molecule has 26 heavy (non-hydrogen) atoms. The van der Waals surface area contributed by atoms with Gasteiger partial charge >= 0.3 is 6.09 Å². The highest BCUT2D eigenvalue weighted by molar-refractivity contribution is 5.86.